The highest BCUT2D eigenvalue weighted by molar-refractivity contribution is 7.99. The molecule has 0 aliphatic heterocycles. The van der Waals surface area contributed by atoms with E-state index in [1.165, 1.54) is 11.8 Å². The summed E-state index contributed by atoms with van der Waals surface area (Å²) in [5, 5.41) is 14.5. The van der Waals surface area contributed by atoms with Gasteiger partial charge in [-0.25, -0.2) is 0 Å². The number of oxime groups is 1. The molecule has 0 heterocycles. The molecule has 1 rings (SSSR count). The molecular formula is C9H17N3O2S. The predicted octanol–water partition coefficient (Wildman–Crippen LogP) is 0.381. The van der Waals surface area contributed by atoms with Crippen molar-refractivity contribution in [1.82, 2.24) is 5.32 Å². The van der Waals surface area contributed by atoms with Crippen LogP contribution in [0.15, 0.2) is 5.16 Å². The van der Waals surface area contributed by atoms with Crippen molar-refractivity contribution < 1.29 is 10.0 Å². The normalized spacial score (nSPS) is 26.6. The van der Waals surface area contributed by atoms with Gasteiger partial charge in [-0.2, -0.15) is 11.8 Å². The number of amides is 1. The number of carbonyl (C=O) groups excluding carboxylic acids is 1. The van der Waals surface area contributed by atoms with Crippen molar-refractivity contribution in [2.24, 2.45) is 16.8 Å². The summed E-state index contributed by atoms with van der Waals surface area (Å²) in [7, 11) is 0. The summed E-state index contributed by atoms with van der Waals surface area (Å²) in [5.74, 6) is 0.687. The lowest BCUT2D eigenvalue weighted by molar-refractivity contribution is -0.119. The van der Waals surface area contributed by atoms with Gasteiger partial charge >= 0.3 is 0 Å². The maximum Gasteiger partial charge on any atom is 0.230 e. The molecule has 1 aliphatic rings. The van der Waals surface area contributed by atoms with E-state index in [-0.39, 0.29) is 23.7 Å². The highest BCUT2D eigenvalue weighted by Gasteiger charge is 2.31. The Morgan fingerprint density at radius 1 is 1.67 bits per heavy atom. The topological polar surface area (TPSA) is 87.7 Å². The second-order valence-electron chi connectivity index (χ2n) is 3.67. The average Bonchev–Trinajstić information content (AvgIpc) is 2.65. The molecule has 0 aromatic heterocycles. The molecule has 0 aromatic carbocycles. The minimum absolute atomic E-state index is 0.0131. The molecule has 2 unspecified atom stereocenters. The first-order chi connectivity index (χ1) is 7.19. The van der Waals surface area contributed by atoms with Gasteiger partial charge in [-0.3, -0.25) is 4.79 Å². The van der Waals surface area contributed by atoms with Crippen molar-refractivity contribution in [3.05, 3.63) is 0 Å². The number of nitrogens with zero attached hydrogens (tertiary/aromatic N) is 1. The largest absolute Gasteiger partial charge is 0.409 e. The monoisotopic (exact) mass is 231 g/mol. The first-order valence-electron chi connectivity index (χ1n) is 4.94. The van der Waals surface area contributed by atoms with Crippen LogP contribution in [0, 0.1) is 5.92 Å². The van der Waals surface area contributed by atoms with E-state index >= 15 is 0 Å². The molecule has 1 aliphatic carbocycles. The minimum Gasteiger partial charge on any atom is -0.409 e. The van der Waals surface area contributed by atoms with Crippen LogP contribution in [-0.4, -0.2) is 35.0 Å². The summed E-state index contributed by atoms with van der Waals surface area (Å²) in [4.78, 5) is 11.4. The summed E-state index contributed by atoms with van der Waals surface area (Å²) >= 11 is 1.49. The number of hydrogen-bond donors (Lipinski definition) is 3. The third kappa shape index (κ3) is 3.30. The zero-order valence-corrected chi connectivity index (χ0v) is 9.59. The molecule has 0 saturated heterocycles. The van der Waals surface area contributed by atoms with Gasteiger partial charge < -0.3 is 16.3 Å². The summed E-state index contributed by atoms with van der Waals surface area (Å²) in [6.07, 6.45) is 4.67. The molecule has 1 amide bonds. The summed E-state index contributed by atoms with van der Waals surface area (Å²) in [5.41, 5.74) is 5.56. The zero-order valence-electron chi connectivity index (χ0n) is 8.77. The van der Waals surface area contributed by atoms with Gasteiger partial charge in [0.15, 0.2) is 0 Å². The molecule has 1 fully saturated rings. The molecule has 4 N–H and O–H groups in total. The standard InChI is InChI=1S/C9H17N3O2S/c1-15-5-8(13)11-7-4-2-3-6(7)9(10)12-14/h6-7,14H,2-5H2,1H3,(H2,10,12)(H,11,13). The number of hydrogen-bond acceptors (Lipinski definition) is 4. The van der Waals surface area contributed by atoms with Gasteiger partial charge in [0.1, 0.15) is 5.84 Å². The van der Waals surface area contributed by atoms with Gasteiger partial charge in [-0.1, -0.05) is 11.6 Å². The van der Waals surface area contributed by atoms with Crippen LogP contribution in [0.1, 0.15) is 19.3 Å². The number of rotatable bonds is 4. The van der Waals surface area contributed by atoms with Gasteiger partial charge in [-0.15, -0.1) is 0 Å². The summed E-state index contributed by atoms with van der Waals surface area (Å²) in [6.45, 7) is 0. The Kier molecular flexibility index (Phi) is 4.74. The molecule has 0 radical (unpaired) electrons. The Hall–Kier alpha value is -0.910. The van der Waals surface area contributed by atoms with Crippen LogP contribution in [0.25, 0.3) is 0 Å². The number of thioether (sulfide) groups is 1. The van der Waals surface area contributed by atoms with Crippen LogP contribution in [0.3, 0.4) is 0 Å². The smallest absolute Gasteiger partial charge is 0.230 e. The minimum atomic E-state index is -0.0131. The van der Waals surface area contributed by atoms with Crippen LogP contribution in [0.5, 0.6) is 0 Å². The fourth-order valence-corrected chi connectivity index (χ4v) is 2.29. The fourth-order valence-electron chi connectivity index (χ4n) is 1.94. The number of amidine groups is 1. The van der Waals surface area contributed by atoms with Crippen LogP contribution in [0.2, 0.25) is 0 Å². The molecule has 6 heteroatoms. The number of nitrogens with two attached hydrogens (primary N) is 1. The summed E-state index contributed by atoms with van der Waals surface area (Å²) in [6, 6.07) is 0.0283. The van der Waals surface area contributed by atoms with E-state index in [1.807, 2.05) is 6.26 Å². The van der Waals surface area contributed by atoms with Gasteiger partial charge in [0.2, 0.25) is 5.91 Å². The zero-order chi connectivity index (χ0) is 11.3. The van der Waals surface area contributed by atoms with Crippen LogP contribution >= 0.6 is 11.8 Å². The van der Waals surface area contributed by atoms with Crippen LogP contribution in [0.4, 0.5) is 0 Å². The molecule has 0 bridgehead atoms. The number of nitrogens with one attached hydrogen (secondary N) is 1. The van der Waals surface area contributed by atoms with Gasteiger partial charge in [0.05, 0.1) is 5.75 Å². The van der Waals surface area contributed by atoms with Crippen molar-refractivity contribution in [2.45, 2.75) is 25.3 Å². The van der Waals surface area contributed by atoms with Gasteiger partial charge in [0, 0.05) is 12.0 Å². The maximum absolute atomic E-state index is 11.4. The molecule has 0 spiro atoms. The van der Waals surface area contributed by atoms with E-state index in [4.69, 9.17) is 10.9 Å². The Morgan fingerprint density at radius 2 is 2.40 bits per heavy atom. The molecule has 1 saturated carbocycles. The quantitative estimate of drug-likeness (QED) is 0.282. The maximum atomic E-state index is 11.4. The van der Waals surface area contributed by atoms with E-state index in [1.54, 1.807) is 0 Å². The van der Waals surface area contributed by atoms with E-state index in [9.17, 15) is 4.79 Å². The third-order valence-electron chi connectivity index (χ3n) is 2.63. The highest BCUT2D eigenvalue weighted by Crippen LogP contribution is 2.25. The van der Waals surface area contributed by atoms with Crippen molar-refractivity contribution >= 4 is 23.5 Å². The van der Waals surface area contributed by atoms with Gasteiger partial charge in [-0.05, 0) is 19.1 Å². The van der Waals surface area contributed by atoms with E-state index in [0.717, 1.165) is 19.3 Å². The van der Waals surface area contributed by atoms with Crippen molar-refractivity contribution in [3.63, 3.8) is 0 Å². The fraction of sp³-hybridized carbons (Fsp3) is 0.778. The lowest BCUT2D eigenvalue weighted by Crippen LogP contribution is -2.43. The molecule has 15 heavy (non-hydrogen) atoms. The molecule has 2 atom stereocenters. The first kappa shape index (κ1) is 12.2. The Bertz CT molecular complexity index is 258. The SMILES string of the molecule is CSCC(=O)NC1CCCC1C(N)=NO. The number of carbonyl (C=O) groups is 1. The van der Waals surface area contributed by atoms with Crippen molar-refractivity contribution in [3.8, 4) is 0 Å². The van der Waals surface area contributed by atoms with E-state index in [2.05, 4.69) is 10.5 Å². The molecule has 5 nitrogen and oxygen atoms in total. The van der Waals surface area contributed by atoms with Crippen LogP contribution < -0.4 is 11.1 Å². The Labute approximate surface area is 93.5 Å². The Morgan fingerprint density at radius 3 is 3.00 bits per heavy atom. The molecule has 0 aromatic rings. The lowest BCUT2D eigenvalue weighted by Gasteiger charge is -2.19. The Balaban J connectivity index is 2.50. The molecule has 86 valence electrons. The molecular weight excluding hydrogens is 214 g/mol. The van der Waals surface area contributed by atoms with Crippen molar-refractivity contribution in [2.75, 3.05) is 12.0 Å². The van der Waals surface area contributed by atoms with E-state index in [0.29, 0.717) is 5.75 Å². The van der Waals surface area contributed by atoms with E-state index < -0.39 is 0 Å². The van der Waals surface area contributed by atoms with Crippen molar-refractivity contribution in [1.29, 1.82) is 0 Å². The average molecular weight is 231 g/mol. The second-order valence-corrected chi connectivity index (χ2v) is 4.54. The van der Waals surface area contributed by atoms with Gasteiger partial charge in [0.25, 0.3) is 0 Å². The highest BCUT2D eigenvalue weighted by atomic mass is 32.2. The second kappa shape index (κ2) is 5.85. The summed E-state index contributed by atoms with van der Waals surface area (Å²) < 4.78 is 0. The first-order valence-corrected chi connectivity index (χ1v) is 6.34. The predicted molar refractivity (Wildman–Crippen MR) is 61.1 cm³/mol. The third-order valence-corrected chi connectivity index (χ3v) is 3.18. The van der Waals surface area contributed by atoms with Crippen LogP contribution in [-0.2, 0) is 4.79 Å². The lowest BCUT2D eigenvalue weighted by atomic mass is 10.0.